The number of fused-ring (bicyclic) bond motifs is 4. The summed E-state index contributed by atoms with van der Waals surface area (Å²) in [6.45, 7) is 18.0. The Morgan fingerprint density at radius 2 is 1.93 bits per heavy atom. The summed E-state index contributed by atoms with van der Waals surface area (Å²) in [6.07, 6.45) is 0.628. The first kappa shape index (κ1) is 23.1. The zero-order valence-corrected chi connectivity index (χ0v) is 20.7. The molecule has 30 heavy (non-hydrogen) atoms. The molecule has 0 aromatic heterocycles. The molecule has 2 heterocycles. The first-order valence-corrected chi connectivity index (χ1v) is 13.8. The van der Waals surface area contributed by atoms with E-state index in [1.54, 1.807) is 0 Å². The normalized spacial score (nSPS) is 23.9. The fraction of sp³-hybridized carbons (Fsp3) is 0.696. The van der Waals surface area contributed by atoms with E-state index >= 15 is 0 Å². The second-order valence-corrected chi connectivity index (χ2v) is 15.8. The Morgan fingerprint density at radius 3 is 2.57 bits per heavy atom. The monoisotopic (exact) mass is 434 g/mol. The third-order valence-corrected chi connectivity index (χ3v) is 10.8. The number of rotatable bonds is 4. The highest BCUT2D eigenvalue weighted by atomic mass is 28.4. The lowest BCUT2D eigenvalue weighted by atomic mass is 9.89. The number of alkyl carbamates (subject to hydrolysis) is 1. The largest absolute Gasteiger partial charge is 0.444 e. The molecule has 2 bridgehead atoms. The van der Waals surface area contributed by atoms with Gasteiger partial charge in [0, 0.05) is 24.2 Å². The first-order chi connectivity index (χ1) is 13.7. The molecule has 2 aliphatic rings. The average molecular weight is 435 g/mol. The predicted octanol–water partition coefficient (Wildman–Crippen LogP) is 5.36. The van der Waals surface area contributed by atoms with Crippen LogP contribution >= 0.6 is 0 Å². The zero-order chi connectivity index (χ0) is 22.3. The topological polar surface area (TPSA) is 68.8 Å². The fourth-order valence-electron chi connectivity index (χ4n) is 3.63. The number of anilines is 1. The summed E-state index contributed by atoms with van der Waals surface area (Å²) >= 11 is 0. The number of carbonyl (C=O) groups excluding carboxylic acids is 1. The summed E-state index contributed by atoms with van der Waals surface area (Å²) < 4.78 is 18.2. The van der Waals surface area contributed by atoms with Gasteiger partial charge in [-0.1, -0.05) is 26.8 Å². The van der Waals surface area contributed by atoms with Crippen LogP contribution in [0, 0.1) is 0 Å². The van der Waals surface area contributed by atoms with Crippen molar-refractivity contribution in [3.05, 3.63) is 29.3 Å². The van der Waals surface area contributed by atoms with Gasteiger partial charge in [-0.15, -0.1) is 0 Å². The summed E-state index contributed by atoms with van der Waals surface area (Å²) in [5.41, 5.74) is 2.78. The second-order valence-electron chi connectivity index (χ2n) is 11.0. The molecule has 0 aliphatic carbocycles. The van der Waals surface area contributed by atoms with Crippen molar-refractivity contribution in [1.82, 2.24) is 5.32 Å². The van der Waals surface area contributed by atoms with E-state index in [9.17, 15) is 4.79 Å². The van der Waals surface area contributed by atoms with Crippen molar-refractivity contribution in [2.24, 2.45) is 0 Å². The molecule has 0 unspecified atom stereocenters. The van der Waals surface area contributed by atoms with Crippen LogP contribution in [0.3, 0.4) is 0 Å². The summed E-state index contributed by atoms with van der Waals surface area (Å²) in [7, 11) is -1.86. The minimum absolute atomic E-state index is 0.0620. The van der Waals surface area contributed by atoms with E-state index in [0.717, 1.165) is 23.2 Å². The van der Waals surface area contributed by atoms with Gasteiger partial charge in [-0.3, -0.25) is 0 Å². The van der Waals surface area contributed by atoms with Crippen LogP contribution in [-0.2, 0) is 20.4 Å². The number of ether oxygens (including phenoxy) is 2. The molecule has 0 spiro atoms. The maximum absolute atomic E-state index is 11.9. The number of hydrogen-bond donors (Lipinski definition) is 2. The maximum atomic E-state index is 11.9. The highest BCUT2D eigenvalue weighted by Crippen LogP contribution is 2.43. The van der Waals surface area contributed by atoms with Crippen molar-refractivity contribution < 1.29 is 18.7 Å². The Labute approximate surface area is 182 Å². The van der Waals surface area contributed by atoms with Crippen LogP contribution < -0.4 is 10.6 Å². The van der Waals surface area contributed by atoms with Gasteiger partial charge in [-0.2, -0.15) is 0 Å². The standard InChI is InChI=1S/C23H38N2O4Si/c1-22(2,3)28-21(26)24-13-15-9-10-17-16(11-15)19-12-18(25-17)20(14-27-19)29-30(7,8)23(4,5)6/h9-11,18-20,25H,12-14H2,1-8H3,(H,24,26)/t18-,19-,20+/m0/s1. The quantitative estimate of drug-likeness (QED) is 0.625. The molecule has 2 N–H and O–H groups in total. The molecule has 7 heteroatoms. The highest BCUT2D eigenvalue weighted by molar-refractivity contribution is 6.74. The Morgan fingerprint density at radius 1 is 1.23 bits per heavy atom. The van der Waals surface area contributed by atoms with E-state index in [1.165, 1.54) is 0 Å². The number of nitrogens with one attached hydrogen (secondary N) is 2. The molecule has 0 saturated carbocycles. The van der Waals surface area contributed by atoms with Crippen LogP contribution in [0.4, 0.5) is 10.5 Å². The van der Waals surface area contributed by atoms with Gasteiger partial charge in [0.25, 0.3) is 0 Å². The third-order valence-electron chi connectivity index (χ3n) is 6.27. The highest BCUT2D eigenvalue weighted by Gasteiger charge is 2.44. The molecule has 1 fully saturated rings. The van der Waals surface area contributed by atoms with E-state index in [1.807, 2.05) is 26.8 Å². The number of hydrogen-bond acceptors (Lipinski definition) is 5. The maximum Gasteiger partial charge on any atom is 0.407 e. The van der Waals surface area contributed by atoms with Crippen LogP contribution in [0.15, 0.2) is 18.2 Å². The van der Waals surface area contributed by atoms with Gasteiger partial charge in [0.1, 0.15) is 5.60 Å². The first-order valence-electron chi connectivity index (χ1n) is 10.9. The molecular formula is C23H38N2O4Si. The van der Waals surface area contributed by atoms with Crippen molar-refractivity contribution in [3.63, 3.8) is 0 Å². The van der Waals surface area contributed by atoms with Crippen LogP contribution in [-0.4, -0.2) is 38.8 Å². The van der Waals surface area contributed by atoms with Crippen molar-refractivity contribution in [2.75, 3.05) is 11.9 Å². The lowest BCUT2D eigenvalue weighted by Gasteiger charge is -2.47. The third kappa shape index (κ3) is 5.37. The predicted molar refractivity (Wildman–Crippen MR) is 122 cm³/mol. The van der Waals surface area contributed by atoms with Crippen LogP contribution in [0.1, 0.15) is 65.2 Å². The summed E-state index contributed by atoms with van der Waals surface area (Å²) in [6, 6.07) is 6.50. The lowest BCUT2D eigenvalue weighted by molar-refractivity contribution is -0.0620. The Balaban J connectivity index is 1.66. The van der Waals surface area contributed by atoms with Gasteiger partial charge in [-0.05, 0) is 56.6 Å². The lowest BCUT2D eigenvalue weighted by Crippen LogP contribution is -2.54. The van der Waals surface area contributed by atoms with Crippen LogP contribution in [0.2, 0.25) is 18.1 Å². The Hall–Kier alpha value is -1.57. The zero-order valence-electron chi connectivity index (χ0n) is 19.7. The van der Waals surface area contributed by atoms with Gasteiger partial charge >= 0.3 is 6.09 Å². The minimum Gasteiger partial charge on any atom is -0.444 e. The van der Waals surface area contributed by atoms with E-state index in [2.05, 4.69) is 56.6 Å². The Bertz CT molecular complexity index is 782. The van der Waals surface area contributed by atoms with Gasteiger partial charge in [-0.25, -0.2) is 4.79 Å². The van der Waals surface area contributed by atoms with Gasteiger partial charge < -0.3 is 24.5 Å². The SMILES string of the molecule is CC(C)(C)OC(=O)NCc1ccc2c(c1)[C@@H]1C[C@H](N2)[C@H](O[Si](C)(C)C(C)(C)C)CO1. The van der Waals surface area contributed by atoms with Gasteiger partial charge in [0.2, 0.25) is 0 Å². The van der Waals surface area contributed by atoms with Gasteiger partial charge in [0.05, 0.1) is 24.9 Å². The minimum atomic E-state index is -1.86. The summed E-state index contributed by atoms with van der Waals surface area (Å²) in [4.78, 5) is 11.9. The number of amides is 1. The average Bonchev–Trinajstić information content (AvgIpc) is 2.60. The molecule has 1 saturated heterocycles. The van der Waals surface area contributed by atoms with Crippen molar-refractivity contribution in [3.8, 4) is 0 Å². The molecular weight excluding hydrogens is 396 g/mol. The molecule has 1 amide bonds. The van der Waals surface area contributed by atoms with E-state index < -0.39 is 20.0 Å². The molecule has 1 aromatic rings. The molecule has 3 atom stereocenters. The Kier molecular flexibility index (Phi) is 6.29. The molecule has 2 aliphatic heterocycles. The van der Waals surface area contributed by atoms with E-state index in [4.69, 9.17) is 13.9 Å². The molecule has 168 valence electrons. The fourth-order valence-corrected chi connectivity index (χ4v) is 4.97. The van der Waals surface area contributed by atoms with E-state index in [0.29, 0.717) is 13.2 Å². The molecule has 1 aromatic carbocycles. The molecule has 6 nitrogen and oxygen atoms in total. The van der Waals surface area contributed by atoms with Crippen molar-refractivity contribution >= 4 is 20.1 Å². The van der Waals surface area contributed by atoms with Gasteiger partial charge in [0.15, 0.2) is 8.32 Å². The second kappa shape index (κ2) is 8.17. The number of carbonyl (C=O) groups is 1. The summed E-state index contributed by atoms with van der Waals surface area (Å²) in [5, 5.41) is 6.68. The smallest absolute Gasteiger partial charge is 0.407 e. The number of benzene rings is 1. The van der Waals surface area contributed by atoms with Crippen molar-refractivity contribution in [2.45, 2.75) is 96.5 Å². The van der Waals surface area contributed by atoms with Crippen molar-refractivity contribution in [1.29, 1.82) is 0 Å². The van der Waals surface area contributed by atoms with Crippen LogP contribution in [0.25, 0.3) is 0 Å². The van der Waals surface area contributed by atoms with E-state index in [-0.39, 0.29) is 23.3 Å². The molecule has 3 rings (SSSR count). The summed E-state index contributed by atoms with van der Waals surface area (Å²) in [5.74, 6) is 0. The molecule has 0 radical (unpaired) electrons. The van der Waals surface area contributed by atoms with Crippen LogP contribution in [0.5, 0.6) is 0 Å².